The molecule has 1 fully saturated rings. The minimum absolute atomic E-state index is 0.782. The van der Waals surface area contributed by atoms with Gasteiger partial charge in [-0.1, -0.05) is 18.6 Å². The molecule has 0 atom stereocenters. The molecular weight excluding hydrogens is 210 g/mol. The average molecular weight is 231 g/mol. The molecule has 2 nitrogen and oxygen atoms in total. The largest absolute Gasteiger partial charge is 0.303 e. The van der Waals surface area contributed by atoms with Crippen LogP contribution in [0.15, 0.2) is 18.2 Å². The summed E-state index contributed by atoms with van der Waals surface area (Å²) >= 11 is 0. The van der Waals surface area contributed by atoms with Crippen LogP contribution in [-0.2, 0) is 6.42 Å². The minimum atomic E-state index is 0.782. The maximum absolute atomic E-state index is 10.7. The van der Waals surface area contributed by atoms with Crippen molar-refractivity contribution in [3.8, 4) is 0 Å². The predicted octanol–water partition coefficient (Wildman–Crippen LogP) is 2.84. The van der Waals surface area contributed by atoms with Crippen molar-refractivity contribution in [1.82, 2.24) is 4.90 Å². The molecular formula is C15H21NO. The van der Waals surface area contributed by atoms with E-state index < -0.39 is 0 Å². The molecule has 17 heavy (non-hydrogen) atoms. The van der Waals surface area contributed by atoms with Gasteiger partial charge in [0, 0.05) is 12.1 Å². The first-order valence-electron chi connectivity index (χ1n) is 6.56. The van der Waals surface area contributed by atoms with Gasteiger partial charge in [0.1, 0.15) is 6.29 Å². The fourth-order valence-electron chi connectivity index (χ4n) is 2.53. The van der Waals surface area contributed by atoms with E-state index in [1.807, 2.05) is 12.1 Å². The standard InChI is InChI=1S/C15H21NO/c1-13-11-14(12-17)5-6-15(13)7-10-16-8-3-2-4-9-16/h5-6,11-12H,2-4,7-10H2,1H3. The summed E-state index contributed by atoms with van der Waals surface area (Å²) in [7, 11) is 0. The first-order valence-corrected chi connectivity index (χ1v) is 6.56. The molecule has 92 valence electrons. The van der Waals surface area contributed by atoms with Gasteiger partial charge in [-0.15, -0.1) is 0 Å². The Balaban J connectivity index is 1.91. The van der Waals surface area contributed by atoms with Crippen molar-refractivity contribution in [3.63, 3.8) is 0 Å². The van der Waals surface area contributed by atoms with Crippen LogP contribution in [0.2, 0.25) is 0 Å². The van der Waals surface area contributed by atoms with Crippen LogP contribution in [-0.4, -0.2) is 30.8 Å². The summed E-state index contributed by atoms with van der Waals surface area (Å²) in [4.78, 5) is 13.2. The molecule has 2 heteroatoms. The number of carbonyl (C=O) groups is 1. The molecule has 0 saturated carbocycles. The third kappa shape index (κ3) is 3.40. The van der Waals surface area contributed by atoms with E-state index in [0.717, 1.165) is 24.8 Å². The molecule has 0 bridgehead atoms. The van der Waals surface area contributed by atoms with Crippen LogP contribution < -0.4 is 0 Å². The highest BCUT2D eigenvalue weighted by Gasteiger charge is 2.10. The number of aldehydes is 1. The number of aryl methyl sites for hydroxylation is 1. The molecule has 0 radical (unpaired) electrons. The molecule has 0 aliphatic carbocycles. The van der Waals surface area contributed by atoms with Crippen molar-refractivity contribution < 1.29 is 4.79 Å². The molecule has 1 aliphatic rings. The highest BCUT2D eigenvalue weighted by molar-refractivity contribution is 5.75. The monoisotopic (exact) mass is 231 g/mol. The van der Waals surface area contributed by atoms with E-state index >= 15 is 0 Å². The highest BCUT2D eigenvalue weighted by atomic mass is 16.1. The lowest BCUT2D eigenvalue weighted by Crippen LogP contribution is -2.31. The third-order valence-electron chi connectivity index (χ3n) is 3.65. The van der Waals surface area contributed by atoms with E-state index in [9.17, 15) is 4.79 Å². The van der Waals surface area contributed by atoms with E-state index in [1.54, 1.807) is 0 Å². The molecule has 0 unspecified atom stereocenters. The van der Waals surface area contributed by atoms with Crippen molar-refractivity contribution in [2.75, 3.05) is 19.6 Å². The van der Waals surface area contributed by atoms with Crippen LogP contribution in [0.3, 0.4) is 0 Å². The van der Waals surface area contributed by atoms with Crippen LogP contribution >= 0.6 is 0 Å². The van der Waals surface area contributed by atoms with Crippen LogP contribution in [0.25, 0.3) is 0 Å². The normalized spacial score (nSPS) is 17.0. The number of likely N-dealkylation sites (tertiary alicyclic amines) is 1. The summed E-state index contributed by atoms with van der Waals surface area (Å²) in [6, 6.07) is 6.01. The van der Waals surface area contributed by atoms with Crippen LogP contribution in [0.5, 0.6) is 0 Å². The van der Waals surface area contributed by atoms with E-state index in [-0.39, 0.29) is 0 Å². The summed E-state index contributed by atoms with van der Waals surface area (Å²) in [5, 5.41) is 0. The van der Waals surface area contributed by atoms with Crippen LogP contribution in [0.1, 0.15) is 40.7 Å². The molecule has 1 heterocycles. The van der Waals surface area contributed by atoms with Crippen molar-refractivity contribution in [3.05, 3.63) is 34.9 Å². The Morgan fingerprint density at radius 1 is 1.24 bits per heavy atom. The number of carbonyl (C=O) groups excluding carboxylic acids is 1. The SMILES string of the molecule is Cc1cc(C=O)ccc1CCN1CCCCC1. The smallest absolute Gasteiger partial charge is 0.150 e. The van der Waals surface area contributed by atoms with Crippen molar-refractivity contribution in [2.24, 2.45) is 0 Å². The lowest BCUT2D eigenvalue weighted by molar-refractivity contribution is 0.112. The average Bonchev–Trinajstić information content (AvgIpc) is 2.38. The Hall–Kier alpha value is -1.15. The molecule has 1 aliphatic heterocycles. The van der Waals surface area contributed by atoms with Gasteiger partial charge in [-0.05, 0) is 56.5 Å². The first kappa shape index (κ1) is 12.3. The van der Waals surface area contributed by atoms with Gasteiger partial charge < -0.3 is 4.90 Å². The lowest BCUT2D eigenvalue weighted by atomic mass is 10.0. The summed E-state index contributed by atoms with van der Waals surface area (Å²) < 4.78 is 0. The minimum Gasteiger partial charge on any atom is -0.303 e. The van der Waals surface area contributed by atoms with E-state index in [4.69, 9.17) is 0 Å². The second-order valence-electron chi connectivity index (χ2n) is 4.96. The topological polar surface area (TPSA) is 20.3 Å². The van der Waals surface area contributed by atoms with E-state index in [0.29, 0.717) is 0 Å². The summed E-state index contributed by atoms with van der Waals surface area (Å²) in [5.41, 5.74) is 3.40. The zero-order valence-corrected chi connectivity index (χ0v) is 10.6. The molecule has 1 saturated heterocycles. The van der Waals surface area contributed by atoms with Gasteiger partial charge in [0.15, 0.2) is 0 Å². The second-order valence-corrected chi connectivity index (χ2v) is 4.96. The number of benzene rings is 1. The molecule has 1 aromatic carbocycles. The Kier molecular flexibility index (Phi) is 4.32. The molecule has 0 aromatic heterocycles. The van der Waals surface area contributed by atoms with Crippen LogP contribution in [0.4, 0.5) is 0 Å². The predicted molar refractivity (Wildman–Crippen MR) is 70.6 cm³/mol. The van der Waals surface area contributed by atoms with E-state index in [2.05, 4.69) is 17.9 Å². The Bertz CT molecular complexity index is 381. The molecule has 0 N–H and O–H groups in total. The van der Waals surface area contributed by atoms with Gasteiger partial charge in [0.05, 0.1) is 0 Å². The van der Waals surface area contributed by atoms with Crippen molar-refractivity contribution >= 4 is 6.29 Å². The Morgan fingerprint density at radius 2 is 2.00 bits per heavy atom. The van der Waals surface area contributed by atoms with Gasteiger partial charge in [0.2, 0.25) is 0 Å². The number of rotatable bonds is 4. The summed E-state index contributed by atoms with van der Waals surface area (Å²) in [6.45, 7) is 5.76. The molecule has 0 spiro atoms. The third-order valence-corrected chi connectivity index (χ3v) is 3.65. The van der Waals surface area contributed by atoms with Crippen LogP contribution in [0, 0.1) is 6.92 Å². The lowest BCUT2D eigenvalue weighted by Gasteiger charge is -2.26. The number of hydrogen-bond acceptors (Lipinski definition) is 2. The van der Waals surface area contributed by atoms with Crippen molar-refractivity contribution in [1.29, 1.82) is 0 Å². The molecule has 0 amide bonds. The van der Waals surface area contributed by atoms with Crippen molar-refractivity contribution in [2.45, 2.75) is 32.6 Å². The van der Waals surface area contributed by atoms with E-state index in [1.165, 1.54) is 43.5 Å². The number of nitrogens with zero attached hydrogens (tertiary/aromatic N) is 1. The Morgan fingerprint density at radius 3 is 2.65 bits per heavy atom. The fraction of sp³-hybridized carbons (Fsp3) is 0.533. The van der Waals surface area contributed by atoms with Gasteiger partial charge in [-0.3, -0.25) is 4.79 Å². The summed E-state index contributed by atoms with van der Waals surface area (Å²) in [5.74, 6) is 0. The van der Waals surface area contributed by atoms with Gasteiger partial charge in [-0.25, -0.2) is 0 Å². The quantitative estimate of drug-likeness (QED) is 0.743. The van der Waals surface area contributed by atoms with Gasteiger partial charge in [0.25, 0.3) is 0 Å². The zero-order valence-electron chi connectivity index (χ0n) is 10.6. The zero-order chi connectivity index (χ0) is 12.1. The number of hydrogen-bond donors (Lipinski definition) is 0. The second kappa shape index (κ2) is 5.97. The summed E-state index contributed by atoms with van der Waals surface area (Å²) in [6.07, 6.45) is 6.11. The maximum Gasteiger partial charge on any atom is 0.150 e. The first-order chi connectivity index (χ1) is 8.29. The van der Waals surface area contributed by atoms with Gasteiger partial charge in [-0.2, -0.15) is 0 Å². The Labute approximate surface area is 104 Å². The van der Waals surface area contributed by atoms with Gasteiger partial charge >= 0.3 is 0 Å². The molecule has 2 rings (SSSR count). The number of piperidine rings is 1. The maximum atomic E-state index is 10.7. The fourth-order valence-corrected chi connectivity index (χ4v) is 2.53. The molecule has 1 aromatic rings. The highest BCUT2D eigenvalue weighted by Crippen LogP contribution is 2.13.